The van der Waals surface area contributed by atoms with Crippen molar-refractivity contribution in [3.05, 3.63) is 40.4 Å². The highest BCUT2D eigenvalue weighted by atomic mass is 32.2. The van der Waals surface area contributed by atoms with Crippen LogP contribution in [0.1, 0.15) is 24.5 Å². The number of nitrogens with one attached hydrogen (secondary N) is 1. The van der Waals surface area contributed by atoms with Crippen LogP contribution in [0.3, 0.4) is 0 Å². The highest BCUT2D eigenvalue weighted by molar-refractivity contribution is 7.99. The first-order valence-electron chi connectivity index (χ1n) is 5.62. The predicted octanol–water partition coefficient (Wildman–Crippen LogP) is 2.24. The van der Waals surface area contributed by atoms with Crippen LogP contribution in [0.5, 0.6) is 0 Å². The minimum atomic E-state index is 0.0465. The molecular formula is C12H14N2OS. The first-order valence-corrected chi connectivity index (χ1v) is 6.78. The SMILES string of the molecule is O=c1cccc2[nH]c(C3CCSCC3)cn12. The topological polar surface area (TPSA) is 37.3 Å². The quantitative estimate of drug-likeness (QED) is 0.821. The lowest BCUT2D eigenvalue weighted by molar-refractivity contribution is 0.623. The molecule has 84 valence electrons. The van der Waals surface area contributed by atoms with Crippen LogP contribution < -0.4 is 5.56 Å². The highest BCUT2D eigenvalue weighted by Crippen LogP contribution is 2.30. The van der Waals surface area contributed by atoms with Crippen molar-refractivity contribution >= 4 is 17.4 Å². The third-order valence-electron chi connectivity index (χ3n) is 3.19. The van der Waals surface area contributed by atoms with E-state index in [1.807, 2.05) is 24.0 Å². The molecule has 1 N–H and O–H groups in total. The van der Waals surface area contributed by atoms with E-state index >= 15 is 0 Å². The first-order chi connectivity index (χ1) is 7.84. The molecular weight excluding hydrogens is 220 g/mol. The number of hydrogen-bond donors (Lipinski definition) is 1. The molecule has 0 spiro atoms. The van der Waals surface area contributed by atoms with E-state index in [0.29, 0.717) is 5.92 Å². The van der Waals surface area contributed by atoms with Crippen LogP contribution >= 0.6 is 11.8 Å². The number of fused-ring (bicyclic) bond motifs is 1. The summed E-state index contributed by atoms with van der Waals surface area (Å²) < 4.78 is 1.71. The van der Waals surface area contributed by atoms with Gasteiger partial charge >= 0.3 is 0 Å². The monoisotopic (exact) mass is 234 g/mol. The van der Waals surface area contributed by atoms with Gasteiger partial charge in [0.15, 0.2) is 0 Å². The molecule has 1 aliphatic rings. The van der Waals surface area contributed by atoms with Gasteiger partial charge in [-0.15, -0.1) is 0 Å². The molecule has 1 fully saturated rings. The Bertz CT molecular complexity index is 551. The van der Waals surface area contributed by atoms with Gasteiger partial charge in [0.1, 0.15) is 5.65 Å². The van der Waals surface area contributed by atoms with E-state index < -0.39 is 0 Å². The van der Waals surface area contributed by atoms with Gasteiger partial charge in [-0.3, -0.25) is 9.20 Å². The Hall–Kier alpha value is -1.16. The minimum Gasteiger partial charge on any atom is -0.343 e. The van der Waals surface area contributed by atoms with Crippen molar-refractivity contribution in [3.8, 4) is 0 Å². The zero-order valence-electron chi connectivity index (χ0n) is 8.98. The molecule has 0 saturated carbocycles. The zero-order valence-corrected chi connectivity index (χ0v) is 9.80. The van der Waals surface area contributed by atoms with Crippen LogP contribution in [0, 0.1) is 0 Å². The third-order valence-corrected chi connectivity index (χ3v) is 4.24. The lowest BCUT2D eigenvalue weighted by Gasteiger charge is -2.19. The summed E-state index contributed by atoms with van der Waals surface area (Å²) in [5, 5.41) is 0. The number of rotatable bonds is 1. The maximum atomic E-state index is 11.6. The smallest absolute Gasteiger partial charge is 0.256 e. The van der Waals surface area contributed by atoms with Crippen LogP contribution in [0.25, 0.3) is 5.65 Å². The fourth-order valence-corrected chi connectivity index (χ4v) is 3.38. The molecule has 0 bridgehead atoms. The number of aromatic nitrogens is 2. The first kappa shape index (κ1) is 10.0. The van der Waals surface area contributed by atoms with Gasteiger partial charge in [0, 0.05) is 23.9 Å². The van der Waals surface area contributed by atoms with Crippen molar-refractivity contribution in [1.82, 2.24) is 9.38 Å². The molecule has 3 heterocycles. The van der Waals surface area contributed by atoms with Gasteiger partial charge in [0.05, 0.1) is 0 Å². The molecule has 1 saturated heterocycles. The molecule has 0 unspecified atom stereocenters. The number of nitrogens with zero attached hydrogens (tertiary/aromatic N) is 1. The number of imidazole rings is 1. The summed E-state index contributed by atoms with van der Waals surface area (Å²) in [6.45, 7) is 0. The van der Waals surface area contributed by atoms with Gasteiger partial charge < -0.3 is 4.98 Å². The van der Waals surface area contributed by atoms with E-state index in [1.54, 1.807) is 16.5 Å². The second kappa shape index (κ2) is 4.01. The van der Waals surface area contributed by atoms with E-state index in [9.17, 15) is 4.79 Å². The molecule has 2 aromatic heterocycles. The van der Waals surface area contributed by atoms with Crippen LogP contribution in [0.2, 0.25) is 0 Å². The molecule has 0 aromatic carbocycles. The summed E-state index contributed by atoms with van der Waals surface area (Å²) in [4.78, 5) is 15.0. The molecule has 4 heteroatoms. The number of thioether (sulfide) groups is 1. The lowest BCUT2D eigenvalue weighted by atomic mass is 10.00. The Morgan fingerprint density at radius 2 is 2.12 bits per heavy atom. The second-order valence-corrected chi connectivity index (χ2v) is 5.44. The Morgan fingerprint density at radius 1 is 1.31 bits per heavy atom. The van der Waals surface area contributed by atoms with Gasteiger partial charge in [-0.2, -0.15) is 11.8 Å². The van der Waals surface area contributed by atoms with Gasteiger partial charge in [-0.1, -0.05) is 6.07 Å². The van der Waals surface area contributed by atoms with Crippen molar-refractivity contribution in [2.75, 3.05) is 11.5 Å². The molecule has 0 amide bonds. The zero-order chi connectivity index (χ0) is 11.0. The molecule has 2 aromatic rings. The summed E-state index contributed by atoms with van der Waals surface area (Å²) in [7, 11) is 0. The fourth-order valence-electron chi connectivity index (χ4n) is 2.27. The second-order valence-electron chi connectivity index (χ2n) is 4.22. The third kappa shape index (κ3) is 1.67. The van der Waals surface area contributed by atoms with E-state index in [0.717, 1.165) is 5.65 Å². The van der Waals surface area contributed by atoms with Crippen LogP contribution in [0.15, 0.2) is 29.2 Å². The summed E-state index contributed by atoms with van der Waals surface area (Å²) in [6.07, 6.45) is 4.40. The Kier molecular flexibility index (Phi) is 2.52. The fraction of sp³-hybridized carbons (Fsp3) is 0.417. The van der Waals surface area contributed by atoms with Crippen LogP contribution in [-0.2, 0) is 0 Å². The standard InChI is InChI=1S/C12H14N2OS/c15-12-3-1-2-11-13-10(8-14(11)12)9-4-6-16-7-5-9/h1-3,8-9,13H,4-7H2. The van der Waals surface area contributed by atoms with E-state index in [1.165, 1.54) is 30.0 Å². The predicted molar refractivity (Wildman–Crippen MR) is 67.3 cm³/mol. The Morgan fingerprint density at radius 3 is 2.88 bits per heavy atom. The molecule has 16 heavy (non-hydrogen) atoms. The molecule has 1 aliphatic heterocycles. The number of hydrogen-bond acceptors (Lipinski definition) is 2. The largest absolute Gasteiger partial charge is 0.343 e. The van der Waals surface area contributed by atoms with E-state index in [-0.39, 0.29) is 5.56 Å². The number of aromatic amines is 1. The molecule has 3 rings (SSSR count). The Labute approximate surface area is 97.9 Å². The van der Waals surface area contributed by atoms with Crippen molar-refractivity contribution in [3.63, 3.8) is 0 Å². The number of H-pyrrole nitrogens is 1. The van der Waals surface area contributed by atoms with E-state index in [2.05, 4.69) is 4.98 Å². The van der Waals surface area contributed by atoms with Crippen molar-refractivity contribution < 1.29 is 0 Å². The maximum Gasteiger partial charge on any atom is 0.256 e. The van der Waals surface area contributed by atoms with Gasteiger partial charge in [0.25, 0.3) is 5.56 Å². The molecule has 0 radical (unpaired) electrons. The maximum absolute atomic E-state index is 11.6. The normalized spacial score (nSPS) is 18.0. The summed E-state index contributed by atoms with van der Waals surface area (Å²) in [6, 6.07) is 5.35. The van der Waals surface area contributed by atoms with Crippen LogP contribution in [-0.4, -0.2) is 20.9 Å². The molecule has 0 atom stereocenters. The van der Waals surface area contributed by atoms with Crippen molar-refractivity contribution in [2.45, 2.75) is 18.8 Å². The summed E-state index contributed by atoms with van der Waals surface area (Å²) in [5.74, 6) is 3.06. The minimum absolute atomic E-state index is 0.0465. The summed E-state index contributed by atoms with van der Waals surface area (Å²) >= 11 is 2.02. The average Bonchev–Trinajstić information content (AvgIpc) is 2.76. The van der Waals surface area contributed by atoms with Gasteiger partial charge in [-0.25, -0.2) is 0 Å². The van der Waals surface area contributed by atoms with Gasteiger partial charge in [0.2, 0.25) is 0 Å². The Balaban J connectivity index is 2.04. The van der Waals surface area contributed by atoms with Gasteiger partial charge in [-0.05, 0) is 30.4 Å². The molecule has 3 nitrogen and oxygen atoms in total. The average molecular weight is 234 g/mol. The number of pyridine rings is 1. The molecule has 0 aliphatic carbocycles. The van der Waals surface area contributed by atoms with Crippen molar-refractivity contribution in [1.29, 1.82) is 0 Å². The van der Waals surface area contributed by atoms with Crippen molar-refractivity contribution in [2.24, 2.45) is 0 Å². The highest BCUT2D eigenvalue weighted by Gasteiger charge is 2.17. The lowest BCUT2D eigenvalue weighted by Crippen LogP contribution is -2.09. The summed E-state index contributed by atoms with van der Waals surface area (Å²) in [5.41, 5.74) is 2.16. The van der Waals surface area contributed by atoms with Crippen LogP contribution in [0.4, 0.5) is 0 Å². The van der Waals surface area contributed by atoms with E-state index in [4.69, 9.17) is 0 Å².